The number of halogens is 1. The van der Waals surface area contributed by atoms with Crippen LogP contribution in [-0.4, -0.2) is 25.1 Å². The molecule has 0 unspecified atom stereocenters. The van der Waals surface area contributed by atoms with Gasteiger partial charge in [-0.15, -0.1) is 24.0 Å². The van der Waals surface area contributed by atoms with Gasteiger partial charge in [0.1, 0.15) is 0 Å². The van der Waals surface area contributed by atoms with Gasteiger partial charge in [0.15, 0.2) is 5.96 Å². The molecule has 0 aromatic rings. The van der Waals surface area contributed by atoms with Crippen molar-refractivity contribution in [2.75, 3.05) is 13.1 Å². The minimum Gasteiger partial charge on any atom is -0.357 e. The van der Waals surface area contributed by atoms with E-state index >= 15 is 0 Å². The molecular weight excluding hydrogens is 337 g/mol. The molecule has 1 rings (SSSR count). The zero-order valence-corrected chi connectivity index (χ0v) is 14.5. The maximum absolute atomic E-state index is 4.63. The highest BCUT2D eigenvalue weighted by atomic mass is 127. The Morgan fingerprint density at radius 3 is 2.39 bits per heavy atom. The molecular formula is C14H28IN3. The molecule has 106 valence electrons. The van der Waals surface area contributed by atoms with Crippen LogP contribution in [0.4, 0.5) is 0 Å². The van der Waals surface area contributed by atoms with Crippen LogP contribution in [0.2, 0.25) is 0 Å². The Hall–Kier alpha value is -0.260. The lowest BCUT2D eigenvalue weighted by Gasteiger charge is -2.19. The number of rotatable bonds is 4. The summed E-state index contributed by atoms with van der Waals surface area (Å²) in [6, 6.07) is 0.530. The summed E-state index contributed by atoms with van der Waals surface area (Å²) >= 11 is 0. The van der Waals surface area contributed by atoms with Crippen LogP contribution in [-0.2, 0) is 0 Å². The standard InChI is InChI=1S/C14H27N3.HI/c1-5-15-13(16-11-10-14(2,3)4)17-12-8-6-7-9-12;/h6-7,12H,5,8-11H2,1-4H3,(H2,15,16,17);1H. The van der Waals surface area contributed by atoms with Crippen LogP contribution in [0, 0.1) is 5.41 Å². The van der Waals surface area contributed by atoms with Crippen LogP contribution < -0.4 is 10.6 Å². The van der Waals surface area contributed by atoms with E-state index < -0.39 is 0 Å². The fourth-order valence-electron chi connectivity index (χ4n) is 1.75. The quantitative estimate of drug-likeness (QED) is 0.347. The van der Waals surface area contributed by atoms with Crippen LogP contribution in [0.15, 0.2) is 17.1 Å². The van der Waals surface area contributed by atoms with Crippen molar-refractivity contribution in [3.8, 4) is 0 Å². The van der Waals surface area contributed by atoms with Crippen molar-refractivity contribution in [3.63, 3.8) is 0 Å². The molecule has 0 amide bonds. The minimum absolute atomic E-state index is 0. The first-order chi connectivity index (χ1) is 8.01. The number of aliphatic imine (C=N–C) groups is 1. The summed E-state index contributed by atoms with van der Waals surface area (Å²) < 4.78 is 0. The van der Waals surface area contributed by atoms with Gasteiger partial charge in [-0.05, 0) is 31.6 Å². The molecule has 1 aliphatic rings. The largest absolute Gasteiger partial charge is 0.357 e. The molecule has 4 heteroatoms. The summed E-state index contributed by atoms with van der Waals surface area (Å²) in [5, 5.41) is 6.79. The van der Waals surface area contributed by atoms with Crippen LogP contribution in [0.5, 0.6) is 0 Å². The third kappa shape index (κ3) is 7.95. The van der Waals surface area contributed by atoms with Crippen molar-refractivity contribution in [1.82, 2.24) is 10.6 Å². The van der Waals surface area contributed by atoms with E-state index in [0.717, 1.165) is 38.3 Å². The first-order valence-electron chi connectivity index (χ1n) is 6.71. The van der Waals surface area contributed by atoms with E-state index in [2.05, 4.69) is 55.5 Å². The fourth-order valence-corrected chi connectivity index (χ4v) is 1.75. The molecule has 0 aromatic heterocycles. The minimum atomic E-state index is 0. The molecule has 0 aliphatic heterocycles. The fraction of sp³-hybridized carbons (Fsp3) is 0.786. The SMILES string of the molecule is CCNC(=NCCC(C)(C)C)NC1CC=CC1.I. The Balaban J connectivity index is 0.00000289. The molecule has 2 N–H and O–H groups in total. The second-order valence-corrected chi connectivity index (χ2v) is 5.86. The van der Waals surface area contributed by atoms with Crippen LogP contribution >= 0.6 is 24.0 Å². The smallest absolute Gasteiger partial charge is 0.191 e. The highest BCUT2D eigenvalue weighted by Gasteiger charge is 2.12. The molecule has 0 saturated carbocycles. The van der Waals surface area contributed by atoms with Crippen molar-refractivity contribution in [3.05, 3.63) is 12.2 Å². The van der Waals surface area contributed by atoms with E-state index in [1.807, 2.05) is 0 Å². The van der Waals surface area contributed by atoms with E-state index in [1.165, 1.54) is 0 Å². The molecule has 0 saturated heterocycles. The molecule has 3 nitrogen and oxygen atoms in total. The normalized spacial score (nSPS) is 16.6. The van der Waals surface area contributed by atoms with Crippen molar-refractivity contribution in [2.45, 2.75) is 53.0 Å². The highest BCUT2D eigenvalue weighted by molar-refractivity contribution is 14.0. The first kappa shape index (κ1) is 17.7. The molecule has 0 radical (unpaired) electrons. The Morgan fingerprint density at radius 1 is 1.28 bits per heavy atom. The van der Waals surface area contributed by atoms with E-state index in [0.29, 0.717) is 11.5 Å². The van der Waals surface area contributed by atoms with E-state index in [9.17, 15) is 0 Å². The van der Waals surface area contributed by atoms with Gasteiger partial charge >= 0.3 is 0 Å². The van der Waals surface area contributed by atoms with Gasteiger partial charge in [0.05, 0.1) is 0 Å². The Bertz CT molecular complexity index is 271. The molecule has 18 heavy (non-hydrogen) atoms. The van der Waals surface area contributed by atoms with Crippen LogP contribution in [0.25, 0.3) is 0 Å². The zero-order chi connectivity index (χ0) is 12.7. The maximum Gasteiger partial charge on any atom is 0.191 e. The van der Waals surface area contributed by atoms with Gasteiger partial charge in [-0.3, -0.25) is 4.99 Å². The van der Waals surface area contributed by atoms with Gasteiger partial charge in [-0.1, -0.05) is 32.9 Å². The molecule has 1 aliphatic carbocycles. The predicted octanol–water partition coefficient (Wildman–Crippen LogP) is 3.31. The second kappa shape index (κ2) is 8.77. The molecule has 0 bridgehead atoms. The van der Waals surface area contributed by atoms with Gasteiger partial charge in [0.25, 0.3) is 0 Å². The van der Waals surface area contributed by atoms with Crippen molar-refractivity contribution in [1.29, 1.82) is 0 Å². The summed E-state index contributed by atoms with van der Waals surface area (Å²) in [6.07, 6.45) is 7.81. The summed E-state index contributed by atoms with van der Waals surface area (Å²) in [6.45, 7) is 10.7. The third-order valence-corrected chi connectivity index (χ3v) is 2.82. The van der Waals surface area contributed by atoms with E-state index in [1.54, 1.807) is 0 Å². The lowest BCUT2D eigenvalue weighted by Crippen LogP contribution is -2.42. The lowest BCUT2D eigenvalue weighted by molar-refractivity contribution is 0.384. The summed E-state index contributed by atoms with van der Waals surface area (Å²) in [7, 11) is 0. The monoisotopic (exact) mass is 365 g/mol. The summed E-state index contributed by atoms with van der Waals surface area (Å²) in [4.78, 5) is 4.63. The lowest BCUT2D eigenvalue weighted by atomic mass is 9.92. The maximum atomic E-state index is 4.63. The van der Waals surface area contributed by atoms with Gasteiger partial charge in [0, 0.05) is 19.1 Å². The van der Waals surface area contributed by atoms with Crippen molar-refractivity contribution >= 4 is 29.9 Å². The molecule has 0 fully saturated rings. The van der Waals surface area contributed by atoms with E-state index in [4.69, 9.17) is 0 Å². The predicted molar refractivity (Wildman–Crippen MR) is 90.8 cm³/mol. The number of hydrogen-bond acceptors (Lipinski definition) is 1. The number of nitrogens with one attached hydrogen (secondary N) is 2. The van der Waals surface area contributed by atoms with Gasteiger partial charge in [0.2, 0.25) is 0 Å². The second-order valence-electron chi connectivity index (χ2n) is 5.86. The summed E-state index contributed by atoms with van der Waals surface area (Å²) in [5.74, 6) is 0.963. The highest BCUT2D eigenvalue weighted by Crippen LogP contribution is 2.17. The van der Waals surface area contributed by atoms with Crippen LogP contribution in [0.1, 0.15) is 47.0 Å². The van der Waals surface area contributed by atoms with Crippen molar-refractivity contribution < 1.29 is 0 Å². The molecule has 0 heterocycles. The average Bonchev–Trinajstić information content (AvgIpc) is 2.68. The Morgan fingerprint density at radius 2 is 1.89 bits per heavy atom. The topological polar surface area (TPSA) is 36.4 Å². The molecule has 0 aromatic carbocycles. The number of nitrogens with zero attached hydrogens (tertiary/aromatic N) is 1. The summed E-state index contributed by atoms with van der Waals surface area (Å²) in [5.41, 5.74) is 0.357. The van der Waals surface area contributed by atoms with E-state index in [-0.39, 0.29) is 24.0 Å². The number of hydrogen-bond donors (Lipinski definition) is 2. The van der Waals surface area contributed by atoms with Crippen LogP contribution in [0.3, 0.4) is 0 Å². The third-order valence-electron chi connectivity index (χ3n) is 2.82. The van der Waals surface area contributed by atoms with Gasteiger partial charge < -0.3 is 10.6 Å². The molecule has 0 atom stereocenters. The van der Waals surface area contributed by atoms with Crippen molar-refractivity contribution in [2.24, 2.45) is 10.4 Å². The average molecular weight is 365 g/mol. The zero-order valence-electron chi connectivity index (χ0n) is 12.1. The first-order valence-corrected chi connectivity index (χ1v) is 6.71. The Kier molecular flexibility index (Phi) is 8.65. The number of guanidine groups is 1. The molecule has 0 spiro atoms. The van der Waals surface area contributed by atoms with Gasteiger partial charge in [-0.25, -0.2) is 0 Å². The Labute approximate surface area is 129 Å². The van der Waals surface area contributed by atoms with Gasteiger partial charge in [-0.2, -0.15) is 0 Å².